The molecule has 2 N–H and O–H groups in total. The molecule has 0 saturated carbocycles. The van der Waals surface area contributed by atoms with Crippen molar-refractivity contribution < 1.29 is 24.2 Å². The molecule has 2 rings (SSSR count). The van der Waals surface area contributed by atoms with Crippen LogP contribution in [-0.4, -0.2) is 78.8 Å². The van der Waals surface area contributed by atoms with Crippen LogP contribution in [0.15, 0.2) is 0 Å². The van der Waals surface area contributed by atoms with Crippen molar-refractivity contribution in [3.8, 4) is 0 Å². The quantitative estimate of drug-likeness (QED) is 0.706. The summed E-state index contributed by atoms with van der Waals surface area (Å²) in [5, 5.41) is 11.8. The molecular weight excluding hydrogens is 278 g/mol. The van der Waals surface area contributed by atoms with Gasteiger partial charge in [0, 0.05) is 26.7 Å². The number of urea groups is 1. The standard InChI is InChI=1S/C13H21N3O5/c1-14-11(17)9-3-2-4-15(7-9)13(20)16-5-6-21-8-10(16)12(18)19/h9-10H,2-8H2,1H3,(H,14,17)(H,18,19). The van der Waals surface area contributed by atoms with Crippen molar-refractivity contribution in [3.63, 3.8) is 0 Å². The highest BCUT2D eigenvalue weighted by atomic mass is 16.5. The molecule has 21 heavy (non-hydrogen) atoms. The molecule has 3 amide bonds. The van der Waals surface area contributed by atoms with E-state index >= 15 is 0 Å². The van der Waals surface area contributed by atoms with Crippen molar-refractivity contribution in [1.82, 2.24) is 15.1 Å². The number of carbonyl (C=O) groups excluding carboxylic acids is 2. The van der Waals surface area contributed by atoms with Gasteiger partial charge in [-0.05, 0) is 12.8 Å². The van der Waals surface area contributed by atoms with Gasteiger partial charge in [0.15, 0.2) is 6.04 Å². The highest BCUT2D eigenvalue weighted by Crippen LogP contribution is 2.19. The van der Waals surface area contributed by atoms with Crippen LogP contribution < -0.4 is 5.32 Å². The average Bonchev–Trinajstić information content (AvgIpc) is 2.53. The van der Waals surface area contributed by atoms with E-state index in [2.05, 4.69) is 5.32 Å². The summed E-state index contributed by atoms with van der Waals surface area (Å²) in [5.74, 6) is -1.37. The van der Waals surface area contributed by atoms with Crippen LogP contribution in [0.1, 0.15) is 12.8 Å². The number of rotatable bonds is 2. The first-order chi connectivity index (χ1) is 10.0. The molecule has 0 aliphatic carbocycles. The summed E-state index contributed by atoms with van der Waals surface area (Å²) in [6, 6.07) is -1.27. The molecule has 2 unspecified atom stereocenters. The van der Waals surface area contributed by atoms with E-state index in [1.54, 1.807) is 11.9 Å². The summed E-state index contributed by atoms with van der Waals surface area (Å²) in [6.07, 6.45) is 1.49. The third-order valence-electron chi connectivity index (χ3n) is 3.97. The number of likely N-dealkylation sites (tertiary alicyclic amines) is 1. The Morgan fingerprint density at radius 2 is 2.05 bits per heavy atom. The SMILES string of the molecule is CNC(=O)C1CCCN(C(=O)N2CCOCC2C(=O)O)C1. The van der Waals surface area contributed by atoms with Crippen molar-refractivity contribution in [2.24, 2.45) is 5.92 Å². The van der Waals surface area contributed by atoms with Crippen LogP contribution in [0, 0.1) is 5.92 Å². The van der Waals surface area contributed by atoms with E-state index < -0.39 is 12.0 Å². The van der Waals surface area contributed by atoms with E-state index in [4.69, 9.17) is 4.74 Å². The fourth-order valence-electron chi connectivity index (χ4n) is 2.79. The van der Waals surface area contributed by atoms with E-state index in [0.29, 0.717) is 19.7 Å². The Kier molecular flexibility index (Phi) is 5.00. The summed E-state index contributed by atoms with van der Waals surface area (Å²) in [4.78, 5) is 38.4. The van der Waals surface area contributed by atoms with Crippen LogP contribution in [-0.2, 0) is 14.3 Å². The smallest absolute Gasteiger partial charge is 0.328 e. The predicted octanol–water partition coefficient (Wildman–Crippen LogP) is -0.650. The van der Waals surface area contributed by atoms with Crippen LogP contribution in [0.2, 0.25) is 0 Å². The van der Waals surface area contributed by atoms with E-state index in [9.17, 15) is 19.5 Å². The van der Waals surface area contributed by atoms with Gasteiger partial charge in [-0.2, -0.15) is 0 Å². The second-order valence-electron chi connectivity index (χ2n) is 5.30. The molecule has 0 bridgehead atoms. The lowest BCUT2D eigenvalue weighted by atomic mass is 9.97. The number of ether oxygens (including phenoxy) is 1. The lowest BCUT2D eigenvalue weighted by Gasteiger charge is -2.39. The predicted molar refractivity (Wildman–Crippen MR) is 72.7 cm³/mol. The summed E-state index contributed by atoms with van der Waals surface area (Å²) in [7, 11) is 1.57. The maximum Gasteiger partial charge on any atom is 0.328 e. The molecule has 2 saturated heterocycles. The topological polar surface area (TPSA) is 99.2 Å². The van der Waals surface area contributed by atoms with Crippen LogP contribution in [0.25, 0.3) is 0 Å². The molecule has 8 nitrogen and oxygen atoms in total. The number of carbonyl (C=O) groups is 3. The normalized spacial score (nSPS) is 26.3. The van der Waals surface area contributed by atoms with Crippen LogP contribution in [0.3, 0.4) is 0 Å². The number of carboxylic acid groups (broad SMARTS) is 1. The molecule has 2 atom stereocenters. The minimum absolute atomic E-state index is 0.00773. The lowest BCUT2D eigenvalue weighted by molar-refractivity contribution is -0.147. The van der Waals surface area contributed by atoms with Gasteiger partial charge in [-0.15, -0.1) is 0 Å². The van der Waals surface area contributed by atoms with E-state index in [1.807, 2.05) is 0 Å². The molecule has 2 aliphatic heterocycles. The van der Waals surface area contributed by atoms with Crippen LogP contribution in [0.5, 0.6) is 0 Å². The number of carboxylic acids is 1. The largest absolute Gasteiger partial charge is 0.480 e. The zero-order valence-electron chi connectivity index (χ0n) is 12.1. The third-order valence-corrected chi connectivity index (χ3v) is 3.97. The first kappa shape index (κ1) is 15.6. The Morgan fingerprint density at radius 1 is 1.29 bits per heavy atom. The molecule has 2 aliphatic rings. The minimum Gasteiger partial charge on any atom is -0.480 e. The highest BCUT2D eigenvalue weighted by molar-refractivity contribution is 5.84. The number of hydrogen-bond donors (Lipinski definition) is 2. The fraction of sp³-hybridized carbons (Fsp3) is 0.769. The third kappa shape index (κ3) is 3.44. The monoisotopic (exact) mass is 299 g/mol. The van der Waals surface area contributed by atoms with Gasteiger partial charge in [-0.3, -0.25) is 4.79 Å². The number of aliphatic carboxylic acids is 1. The summed E-state index contributed by atoms with van der Waals surface area (Å²) in [5.41, 5.74) is 0. The van der Waals surface area contributed by atoms with Gasteiger partial charge in [0.05, 0.1) is 19.1 Å². The summed E-state index contributed by atoms with van der Waals surface area (Å²) >= 11 is 0. The number of morpholine rings is 1. The maximum absolute atomic E-state index is 12.5. The maximum atomic E-state index is 12.5. The lowest BCUT2D eigenvalue weighted by Crippen LogP contribution is -2.58. The number of amides is 3. The van der Waals surface area contributed by atoms with Gasteiger partial charge in [0.2, 0.25) is 5.91 Å². The van der Waals surface area contributed by atoms with E-state index in [-0.39, 0.29) is 31.0 Å². The van der Waals surface area contributed by atoms with E-state index in [1.165, 1.54) is 4.90 Å². The van der Waals surface area contributed by atoms with Crippen molar-refractivity contribution in [1.29, 1.82) is 0 Å². The zero-order chi connectivity index (χ0) is 15.4. The number of hydrogen-bond acceptors (Lipinski definition) is 4. The van der Waals surface area contributed by atoms with Crippen molar-refractivity contribution >= 4 is 17.9 Å². The van der Waals surface area contributed by atoms with Crippen molar-refractivity contribution in [2.45, 2.75) is 18.9 Å². The van der Waals surface area contributed by atoms with Gasteiger partial charge in [0.25, 0.3) is 0 Å². The summed E-state index contributed by atoms with van der Waals surface area (Å²) in [6.45, 7) is 1.49. The Bertz CT molecular complexity index is 428. The van der Waals surface area contributed by atoms with Gasteiger partial charge in [0.1, 0.15) is 0 Å². The fourth-order valence-corrected chi connectivity index (χ4v) is 2.79. The van der Waals surface area contributed by atoms with Crippen molar-refractivity contribution in [2.75, 3.05) is 39.9 Å². The summed E-state index contributed by atoms with van der Waals surface area (Å²) < 4.78 is 5.13. The van der Waals surface area contributed by atoms with Gasteiger partial charge in [-0.25, -0.2) is 9.59 Å². The molecule has 0 radical (unpaired) electrons. The second kappa shape index (κ2) is 6.75. The number of nitrogens with one attached hydrogen (secondary N) is 1. The van der Waals surface area contributed by atoms with Gasteiger partial charge < -0.3 is 25.0 Å². The molecule has 0 spiro atoms. The first-order valence-corrected chi connectivity index (χ1v) is 7.12. The first-order valence-electron chi connectivity index (χ1n) is 7.12. The molecule has 2 heterocycles. The Labute approximate surface area is 123 Å². The molecule has 0 aromatic heterocycles. The minimum atomic E-state index is -1.07. The van der Waals surface area contributed by atoms with Crippen molar-refractivity contribution in [3.05, 3.63) is 0 Å². The zero-order valence-corrected chi connectivity index (χ0v) is 12.1. The molecule has 0 aromatic carbocycles. The van der Waals surface area contributed by atoms with Crippen LogP contribution >= 0.6 is 0 Å². The van der Waals surface area contributed by atoms with E-state index in [0.717, 1.165) is 12.8 Å². The second-order valence-corrected chi connectivity index (χ2v) is 5.30. The van der Waals surface area contributed by atoms with Gasteiger partial charge >= 0.3 is 12.0 Å². The molecular formula is C13H21N3O5. The number of nitrogens with zero attached hydrogens (tertiary/aromatic N) is 2. The van der Waals surface area contributed by atoms with Gasteiger partial charge in [-0.1, -0.05) is 0 Å². The molecule has 0 aromatic rings. The highest BCUT2D eigenvalue weighted by Gasteiger charge is 2.37. The Balaban J connectivity index is 2.04. The molecule has 118 valence electrons. The van der Waals surface area contributed by atoms with Crippen LogP contribution in [0.4, 0.5) is 4.79 Å². The Morgan fingerprint density at radius 3 is 2.71 bits per heavy atom. The Hall–Kier alpha value is -1.83. The number of piperidine rings is 1. The molecule has 2 fully saturated rings. The average molecular weight is 299 g/mol. The molecule has 8 heteroatoms.